The lowest BCUT2D eigenvalue weighted by atomic mass is 10.2. The van der Waals surface area contributed by atoms with E-state index in [1.807, 2.05) is 6.08 Å². The van der Waals surface area contributed by atoms with Crippen molar-refractivity contribution in [3.8, 4) is 0 Å². The molecule has 0 saturated heterocycles. The second-order valence-corrected chi connectivity index (χ2v) is 3.45. The molecule has 0 aromatic heterocycles. The van der Waals surface area contributed by atoms with Crippen molar-refractivity contribution < 1.29 is 0 Å². The largest absolute Gasteiger partial charge is 0.0885 e. The highest BCUT2D eigenvalue weighted by molar-refractivity contribution is 5.03. The van der Waals surface area contributed by atoms with Gasteiger partial charge in [-0.3, -0.25) is 0 Å². The van der Waals surface area contributed by atoms with Crippen molar-refractivity contribution in [1.82, 2.24) is 0 Å². The first-order valence-electron chi connectivity index (χ1n) is 5.52. The van der Waals surface area contributed by atoms with Gasteiger partial charge in [0.25, 0.3) is 0 Å². The second kappa shape index (κ2) is 8.55. The fourth-order valence-electron chi connectivity index (χ4n) is 1.34. The third-order valence-electron chi connectivity index (χ3n) is 2.15. The SMILES string of the molecule is [C]1=C/C=C\C/C=C/CC/C=C\CCC/1. The van der Waals surface area contributed by atoms with Crippen molar-refractivity contribution in [3.63, 3.8) is 0 Å². The Morgan fingerprint density at radius 1 is 0.786 bits per heavy atom. The fourth-order valence-corrected chi connectivity index (χ4v) is 1.34. The topological polar surface area (TPSA) is 0 Å². The van der Waals surface area contributed by atoms with E-state index in [0.29, 0.717) is 0 Å². The van der Waals surface area contributed by atoms with E-state index in [-0.39, 0.29) is 0 Å². The highest BCUT2D eigenvalue weighted by atomic mass is 13.9. The second-order valence-electron chi connectivity index (χ2n) is 3.45. The zero-order valence-electron chi connectivity index (χ0n) is 8.78. The standard InChI is InChI=1S/C14H19/c1-2-4-6-8-10-12-14-13-11-9-7-5-3-1/h1-3,6,8,13-14H,4,7,9-12H2/b2-1-,5-3?,8-6+,14-13-. The lowest BCUT2D eigenvalue weighted by Crippen LogP contribution is -1.71. The van der Waals surface area contributed by atoms with Crippen LogP contribution in [0.25, 0.3) is 0 Å². The minimum absolute atomic E-state index is 1.04. The van der Waals surface area contributed by atoms with E-state index >= 15 is 0 Å². The van der Waals surface area contributed by atoms with Crippen LogP contribution in [0.4, 0.5) is 0 Å². The molecule has 0 nitrogen and oxygen atoms in total. The maximum Gasteiger partial charge on any atom is -0.0166 e. The molecule has 0 heteroatoms. The molecule has 1 aliphatic carbocycles. The van der Waals surface area contributed by atoms with Gasteiger partial charge >= 0.3 is 0 Å². The minimum atomic E-state index is 1.04. The number of hydrogen-bond donors (Lipinski definition) is 0. The summed E-state index contributed by atoms with van der Waals surface area (Å²) in [6.07, 6.45) is 25.5. The molecule has 0 unspecified atom stereocenters. The van der Waals surface area contributed by atoms with Gasteiger partial charge in [0.15, 0.2) is 0 Å². The Bertz CT molecular complexity index is 228. The van der Waals surface area contributed by atoms with E-state index in [0.717, 1.165) is 12.8 Å². The first kappa shape index (κ1) is 11.0. The Morgan fingerprint density at radius 2 is 1.57 bits per heavy atom. The highest BCUT2D eigenvalue weighted by Gasteiger charge is 1.82. The van der Waals surface area contributed by atoms with Crippen LogP contribution in [-0.2, 0) is 0 Å². The van der Waals surface area contributed by atoms with Gasteiger partial charge in [0.2, 0.25) is 0 Å². The van der Waals surface area contributed by atoms with E-state index in [1.54, 1.807) is 0 Å². The van der Waals surface area contributed by atoms with Gasteiger partial charge in [-0.05, 0) is 44.6 Å². The summed E-state index contributed by atoms with van der Waals surface area (Å²) >= 11 is 0. The molecule has 0 fully saturated rings. The van der Waals surface area contributed by atoms with Gasteiger partial charge in [0, 0.05) is 0 Å². The quantitative estimate of drug-likeness (QED) is 0.494. The van der Waals surface area contributed by atoms with Gasteiger partial charge in [0.05, 0.1) is 0 Å². The zero-order chi connectivity index (χ0) is 9.90. The Kier molecular flexibility index (Phi) is 6.74. The molecule has 1 radical (unpaired) electrons. The van der Waals surface area contributed by atoms with Gasteiger partial charge in [-0.1, -0.05) is 42.5 Å². The lowest BCUT2D eigenvalue weighted by Gasteiger charge is -1.91. The van der Waals surface area contributed by atoms with Crippen LogP contribution in [0, 0.1) is 6.08 Å². The molecule has 0 amide bonds. The summed E-state index contributed by atoms with van der Waals surface area (Å²) < 4.78 is 0. The maximum absolute atomic E-state index is 3.27. The average molecular weight is 187 g/mol. The normalized spacial score (nSPS) is 28.6. The molecule has 75 valence electrons. The van der Waals surface area contributed by atoms with Crippen LogP contribution < -0.4 is 0 Å². The molecule has 1 rings (SSSR count). The van der Waals surface area contributed by atoms with Crippen LogP contribution in [0.2, 0.25) is 0 Å². The van der Waals surface area contributed by atoms with E-state index in [2.05, 4.69) is 42.5 Å². The van der Waals surface area contributed by atoms with Gasteiger partial charge in [-0.2, -0.15) is 0 Å². The van der Waals surface area contributed by atoms with Crippen LogP contribution in [-0.4, -0.2) is 0 Å². The van der Waals surface area contributed by atoms with Gasteiger partial charge in [-0.25, -0.2) is 0 Å². The molecular formula is C14H19. The van der Waals surface area contributed by atoms with E-state index in [1.165, 1.54) is 25.7 Å². The predicted octanol–water partition coefficient (Wildman–Crippen LogP) is 4.37. The molecule has 0 bridgehead atoms. The third-order valence-corrected chi connectivity index (χ3v) is 2.15. The van der Waals surface area contributed by atoms with E-state index in [9.17, 15) is 0 Å². The Hall–Kier alpha value is -1.04. The number of hydrogen-bond acceptors (Lipinski definition) is 0. The lowest BCUT2D eigenvalue weighted by molar-refractivity contribution is 0.849. The molecule has 0 atom stereocenters. The maximum atomic E-state index is 3.27. The predicted molar refractivity (Wildman–Crippen MR) is 62.9 cm³/mol. The summed E-state index contributed by atoms with van der Waals surface area (Å²) in [5.41, 5.74) is 0. The van der Waals surface area contributed by atoms with Gasteiger partial charge in [0.1, 0.15) is 0 Å². The number of rotatable bonds is 0. The summed E-state index contributed by atoms with van der Waals surface area (Å²) in [7, 11) is 0. The minimum Gasteiger partial charge on any atom is -0.0885 e. The summed E-state index contributed by atoms with van der Waals surface area (Å²) in [5, 5.41) is 0. The molecule has 0 N–H and O–H groups in total. The van der Waals surface area contributed by atoms with Crippen molar-refractivity contribution >= 4 is 0 Å². The van der Waals surface area contributed by atoms with Crippen LogP contribution in [0.3, 0.4) is 0 Å². The van der Waals surface area contributed by atoms with Crippen LogP contribution in [0.15, 0.2) is 42.5 Å². The first-order valence-corrected chi connectivity index (χ1v) is 5.52. The molecule has 0 aromatic carbocycles. The summed E-state index contributed by atoms with van der Waals surface area (Å²) in [6.45, 7) is 0. The molecule has 14 heavy (non-hydrogen) atoms. The summed E-state index contributed by atoms with van der Waals surface area (Å²) in [4.78, 5) is 0. The molecule has 0 spiro atoms. The van der Waals surface area contributed by atoms with Gasteiger partial charge in [-0.15, -0.1) is 0 Å². The average Bonchev–Trinajstić information content (AvgIpc) is 2.22. The van der Waals surface area contributed by atoms with Crippen LogP contribution in [0.5, 0.6) is 0 Å². The van der Waals surface area contributed by atoms with E-state index in [4.69, 9.17) is 0 Å². The monoisotopic (exact) mass is 187 g/mol. The first-order chi connectivity index (χ1) is 7.00. The highest BCUT2D eigenvalue weighted by Crippen LogP contribution is 2.01. The van der Waals surface area contributed by atoms with Crippen molar-refractivity contribution in [3.05, 3.63) is 48.6 Å². The van der Waals surface area contributed by atoms with Crippen molar-refractivity contribution in [2.75, 3.05) is 0 Å². The van der Waals surface area contributed by atoms with Crippen LogP contribution >= 0.6 is 0 Å². The summed E-state index contributed by atoms with van der Waals surface area (Å²) in [6, 6.07) is 0. The van der Waals surface area contributed by atoms with Crippen molar-refractivity contribution in [2.24, 2.45) is 0 Å². The van der Waals surface area contributed by atoms with Crippen molar-refractivity contribution in [1.29, 1.82) is 0 Å². The third kappa shape index (κ3) is 6.47. The molecular weight excluding hydrogens is 168 g/mol. The summed E-state index contributed by atoms with van der Waals surface area (Å²) in [5.74, 6) is 0. The molecule has 0 saturated carbocycles. The number of allylic oxidation sites excluding steroid dienone is 8. The molecule has 1 aliphatic rings. The van der Waals surface area contributed by atoms with Crippen LogP contribution in [0.1, 0.15) is 38.5 Å². The van der Waals surface area contributed by atoms with Crippen molar-refractivity contribution in [2.45, 2.75) is 38.5 Å². The Balaban J connectivity index is 2.34. The van der Waals surface area contributed by atoms with Gasteiger partial charge < -0.3 is 0 Å². The molecule has 0 aromatic rings. The van der Waals surface area contributed by atoms with E-state index < -0.39 is 0 Å². The Morgan fingerprint density at radius 3 is 2.50 bits per heavy atom. The molecule has 0 aliphatic heterocycles. The fraction of sp³-hybridized carbons (Fsp3) is 0.429. The molecule has 0 heterocycles. The smallest absolute Gasteiger partial charge is 0.0166 e. The Labute approximate surface area is 87.7 Å². The zero-order valence-corrected chi connectivity index (χ0v) is 8.78.